The van der Waals surface area contributed by atoms with Crippen LogP contribution in [0.5, 0.6) is 0 Å². The number of nitrogens with zero attached hydrogens (tertiary/aromatic N) is 1. The highest BCUT2D eigenvalue weighted by molar-refractivity contribution is 5.00. The predicted molar refractivity (Wildman–Crippen MR) is 63.4 cm³/mol. The zero-order valence-corrected chi connectivity index (χ0v) is 10.3. The summed E-state index contributed by atoms with van der Waals surface area (Å²) in [5, 5.41) is 12.3. The van der Waals surface area contributed by atoms with Crippen molar-refractivity contribution in [1.82, 2.24) is 5.32 Å². The Hall–Kier alpha value is -0.550. The van der Waals surface area contributed by atoms with Crippen LogP contribution in [0.4, 0.5) is 0 Å². The minimum Gasteiger partial charge on any atom is -0.314 e. The molecule has 0 bridgehead atoms. The summed E-state index contributed by atoms with van der Waals surface area (Å²) in [6, 6.07) is 2.90. The van der Waals surface area contributed by atoms with Crippen LogP contribution in [0.15, 0.2) is 0 Å². The molecule has 86 valence electrons. The number of nitriles is 1. The molecule has 0 aromatic heterocycles. The van der Waals surface area contributed by atoms with Crippen molar-refractivity contribution in [2.75, 3.05) is 6.54 Å². The summed E-state index contributed by atoms with van der Waals surface area (Å²) in [5.74, 6) is 0.795. The van der Waals surface area contributed by atoms with E-state index in [9.17, 15) is 0 Å². The van der Waals surface area contributed by atoms with Gasteiger partial charge in [-0.3, -0.25) is 0 Å². The Morgan fingerprint density at radius 2 is 1.93 bits per heavy atom. The molecule has 15 heavy (non-hydrogen) atoms. The summed E-state index contributed by atoms with van der Waals surface area (Å²) in [6.07, 6.45) is 5.76. The van der Waals surface area contributed by atoms with E-state index in [1.165, 1.54) is 25.7 Å². The zero-order valence-electron chi connectivity index (χ0n) is 10.3. The lowest BCUT2D eigenvalue weighted by Crippen LogP contribution is -2.32. The van der Waals surface area contributed by atoms with E-state index in [4.69, 9.17) is 5.26 Å². The van der Waals surface area contributed by atoms with Crippen molar-refractivity contribution >= 4 is 0 Å². The first-order valence-corrected chi connectivity index (χ1v) is 6.18. The molecule has 1 aliphatic carbocycles. The summed E-state index contributed by atoms with van der Waals surface area (Å²) in [7, 11) is 0. The third-order valence-corrected chi connectivity index (χ3v) is 3.41. The molecule has 0 heterocycles. The van der Waals surface area contributed by atoms with E-state index in [-0.39, 0.29) is 0 Å². The van der Waals surface area contributed by atoms with Gasteiger partial charge in [0.05, 0.1) is 6.07 Å². The Morgan fingerprint density at radius 1 is 1.27 bits per heavy atom. The molecule has 1 atom stereocenters. The molecule has 0 amide bonds. The van der Waals surface area contributed by atoms with Gasteiger partial charge >= 0.3 is 0 Å². The third-order valence-electron chi connectivity index (χ3n) is 3.41. The fourth-order valence-electron chi connectivity index (χ4n) is 1.84. The Balaban J connectivity index is 2.12. The van der Waals surface area contributed by atoms with E-state index >= 15 is 0 Å². The van der Waals surface area contributed by atoms with Crippen LogP contribution < -0.4 is 5.32 Å². The molecule has 2 nitrogen and oxygen atoms in total. The maximum atomic E-state index is 8.71. The largest absolute Gasteiger partial charge is 0.314 e. The quantitative estimate of drug-likeness (QED) is 0.698. The van der Waals surface area contributed by atoms with E-state index in [0.717, 1.165) is 18.9 Å². The minimum absolute atomic E-state index is 0.348. The number of hydrogen-bond acceptors (Lipinski definition) is 2. The molecular weight excluding hydrogens is 184 g/mol. The lowest BCUT2D eigenvalue weighted by atomic mass is 10.0. The molecule has 1 fully saturated rings. The fraction of sp³-hybridized carbons (Fsp3) is 0.923. The molecule has 1 rings (SSSR count). The van der Waals surface area contributed by atoms with Crippen molar-refractivity contribution in [3.63, 3.8) is 0 Å². The molecule has 2 heteroatoms. The van der Waals surface area contributed by atoms with Crippen molar-refractivity contribution in [2.24, 2.45) is 11.3 Å². The van der Waals surface area contributed by atoms with Gasteiger partial charge in [-0.25, -0.2) is 0 Å². The van der Waals surface area contributed by atoms with Crippen molar-refractivity contribution < 1.29 is 0 Å². The summed E-state index contributed by atoms with van der Waals surface area (Å²) < 4.78 is 0. The highest BCUT2D eigenvalue weighted by Crippen LogP contribution is 2.47. The lowest BCUT2D eigenvalue weighted by molar-refractivity contribution is 0.394. The van der Waals surface area contributed by atoms with Gasteiger partial charge in [0.15, 0.2) is 0 Å². The number of rotatable bonds is 7. The highest BCUT2D eigenvalue weighted by Gasteiger charge is 2.42. The van der Waals surface area contributed by atoms with Crippen LogP contribution in [-0.2, 0) is 0 Å². The molecule has 0 saturated heterocycles. The summed E-state index contributed by atoms with van der Waals surface area (Å²) in [6.45, 7) is 7.83. The minimum atomic E-state index is 0.348. The predicted octanol–water partition coefficient (Wildman–Crippen LogP) is 3.09. The van der Waals surface area contributed by atoms with E-state index in [2.05, 4.69) is 32.2 Å². The van der Waals surface area contributed by atoms with E-state index < -0.39 is 0 Å². The molecule has 0 aromatic rings. The van der Waals surface area contributed by atoms with E-state index in [1.807, 2.05) is 0 Å². The van der Waals surface area contributed by atoms with Gasteiger partial charge in [-0.2, -0.15) is 5.26 Å². The van der Waals surface area contributed by atoms with Crippen molar-refractivity contribution in [2.45, 2.75) is 58.9 Å². The summed E-state index contributed by atoms with van der Waals surface area (Å²) >= 11 is 0. The van der Waals surface area contributed by atoms with Crippen LogP contribution in [0.3, 0.4) is 0 Å². The monoisotopic (exact) mass is 208 g/mol. The van der Waals surface area contributed by atoms with E-state index in [1.54, 1.807) is 0 Å². The van der Waals surface area contributed by atoms with E-state index in [0.29, 0.717) is 11.5 Å². The molecule has 0 aromatic carbocycles. The van der Waals surface area contributed by atoms with Crippen LogP contribution >= 0.6 is 0 Å². The van der Waals surface area contributed by atoms with Crippen LogP contribution in [0, 0.1) is 22.7 Å². The van der Waals surface area contributed by atoms with Gasteiger partial charge in [0.2, 0.25) is 0 Å². The average Bonchev–Trinajstić information content (AvgIpc) is 2.93. The fourth-order valence-corrected chi connectivity index (χ4v) is 1.84. The van der Waals surface area contributed by atoms with Crippen LogP contribution in [0.2, 0.25) is 0 Å². The second-order valence-electron chi connectivity index (χ2n) is 5.59. The standard InChI is InChI=1S/C13H24N2/c1-11(2)4-5-12(3)15-10-13(6-7-13)8-9-14/h11-12,15H,4-8,10H2,1-3H3. The number of nitrogens with one attached hydrogen (secondary N) is 1. The van der Waals surface area contributed by atoms with Gasteiger partial charge in [0.25, 0.3) is 0 Å². The summed E-state index contributed by atoms with van der Waals surface area (Å²) in [4.78, 5) is 0. The first kappa shape index (κ1) is 12.5. The molecule has 0 spiro atoms. The Kier molecular flexibility index (Phi) is 4.60. The topological polar surface area (TPSA) is 35.8 Å². The molecule has 0 aliphatic heterocycles. The molecule has 1 saturated carbocycles. The van der Waals surface area contributed by atoms with Crippen LogP contribution in [0.1, 0.15) is 52.9 Å². The number of hydrogen-bond donors (Lipinski definition) is 1. The maximum absolute atomic E-state index is 8.71. The molecule has 1 aliphatic rings. The second-order valence-corrected chi connectivity index (χ2v) is 5.59. The molecular formula is C13H24N2. The van der Waals surface area contributed by atoms with Gasteiger partial charge in [0.1, 0.15) is 0 Å². The van der Waals surface area contributed by atoms with Crippen molar-refractivity contribution in [1.29, 1.82) is 5.26 Å². The average molecular weight is 208 g/mol. The first-order chi connectivity index (χ1) is 7.08. The van der Waals surface area contributed by atoms with Crippen LogP contribution in [0.25, 0.3) is 0 Å². The van der Waals surface area contributed by atoms with Crippen LogP contribution in [-0.4, -0.2) is 12.6 Å². The van der Waals surface area contributed by atoms with Gasteiger partial charge in [-0.05, 0) is 43.9 Å². The van der Waals surface area contributed by atoms with Gasteiger partial charge in [-0.15, -0.1) is 0 Å². The normalized spacial score (nSPS) is 19.9. The third kappa shape index (κ3) is 4.66. The highest BCUT2D eigenvalue weighted by atomic mass is 14.9. The molecule has 0 radical (unpaired) electrons. The summed E-state index contributed by atoms with van der Waals surface area (Å²) in [5.41, 5.74) is 0.348. The Bertz CT molecular complexity index is 223. The molecule has 1 unspecified atom stereocenters. The first-order valence-electron chi connectivity index (χ1n) is 6.18. The zero-order chi connectivity index (χ0) is 11.3. The SMILES string of the molecule is CC(C)CCC(C)NCC1(CC#N)CC1. The van der Waals surface area contributed by atoms with Crippen molar-refractivity contribution in [3.8, 4) is 6.07 Å². The second kappa shape index (κ2) is 5.51. The Labute approximate surface area is 94.1 Å². The smallest absolute Gasteiger partial charge is 0.0628 e. The molecule has 1 N–H and O–H groups in total. The maximum Gasteiger partial charge on any atom is 0.0628 e. The van der Waals surface area contributed by atoms with Gasteiger partial charge in [0, 0.05) is 19.0 Å². The lowest BCUT2D eigenvalue weighted by Gasteiger charge is -2.18. The van der Waals surface area contributed by atoms with Gasteiger partial charge < -0.3 is 5.32 Å². The Morgan fingerprint density at radius 3 is 2.40 bits per heavy atom. The van der Waals surface area contributed by atoms with Gasteiger partial charge in [-0.1, -0.05) is 13.8 Å². The van der Waals surface area contributed by atoms with Crippen molar-refractivity contribution in [3.05, 3.63) is 0 Å².